The van der Waals surface area contributed by atoms with E-state index in [2.05, 4.69) is 4.99 Å². The lowest BCUT2D eigenvalue weighted by Gasteiger charge is -2.18. The molecule has 4 rings (SSSR count). The molecule has 2 atom stereocenters. The van der Waals surface area contributed by atoms with Crippen molar-refractivity contribution in [2.45, 2.75) is 57.3 Å². The lowest BCUT2D eigenvalue weighted by atomic mass is 9.91. The van der Waals surface area contributed by atoms with E-state index in [-0.39, 0.29) is 12.2 Å². The first-order valence-electron chi connectivity index (χ1n) is 7.36. The van der Waals surface area contributed by atoms with Gasteiger partial charge in [0.2, 0.25) is 6.08 Å². The SMILES string of the molecule is CC1Cc2c(c(Cl)c3c(c2C2(N=C=O)CC2)OC(C)C3)O1. The molecule has 110 valence electrons. The summed E-state index contributed by atoms with van der Waals surface area (Å²) >= 11 is 6.54. The van der Waals surface area contributed by atoms with Crippen LogP contribution in [0.15, 0.2) is 4.99 Å². The van der Waals surface area contributed by atoms with Gasteiger partial charge in [-0.05, 0) is 26.7 Å². The summed E-state index contributed by atoms with van der Waals surface area (Å²) in [5, 5.41) is 0.670. The van der Waals surface area contributed by atoms with Crippen molar-refractivity contribution >= 4 is 17.7 Å². The molecular formula is C16H16ClNO3. The highest BCUT2D eigenvalue weighted by Gasteiger charge is 2.52. The molecule has 5 heteroatoms. The van der Waals surface area contributed by atoms with Gasteiger partial charge in [-0.25, -0.2) is 4.79 Å². The molecule has 2 heterocycles. The zero-order valence-corrected chi connectivity index (χ0v) is 12.8. The zero-order chi connectivity index (χ0) is 14.8. The molecule has 2 aliphatic heterocycles. The maximum Gasteiger partial charge on any atom is 0.235 e. The maximum atomic E-state index is 10.8. The lowest BCUT2D eigenvalue weighted by molar-refractivity contribution is 0.250. The van der Waals surface area contributed by atoms with Crippen molar-refractivity contribution in [1.82, 2.24) is 0 Å². The summed E-state index contributed by atoms with van der Waals surface area (Å²) in [6.07, 6.45) is 5.18. The summed E-state index contributed by atoms with van der Waals surface area (Å²) in [6.45, 7) is 4.05. The summed E-state index contributed by atoms with van der Waals surface area (Å²) in [7, 11) is 0. The Balaban J connectivity index is 2.00. The number of halogens is 1. The van der Waals surface area contributed by atoms with Gasteiger partial charge in [0.1, 0.15) is 29.2 Å². The van der Waals surface area contributed by atoms with Crippen LogP contribution in [-0.2, 0) is 23.2 Å². The molecule has 4 nitrogen and oxygen atoms in total. The van der Waals surface area contributed by atoms with Crippen molar-refractivity contribution in [2.75, 3.05) is 0 Å². The largest absolute Gasteiger partial charge is 0.490 e. The number of carbonyl (C=O) groups excluding carboxylic acids is 1. The molecule has 0 N–H and O–H groups in total. The number of ether oxygens (including phenoxy) is 2. The first-order valence-corrected chi connectivity index (χ1v) is 7.73. The van der Waals surface area contributed by atoms with Crippen LogP contribution in [0.5, 0.6) is 11.5 Å². The second-order valence-corrected chi connectivity index (χ2v) is 6.68. The molecule has 1 saturated carbocycles. The van der Waals surface area contributed by atoms with E-state index >= 15 is 0 Å². The number of isocyanates is 1. The van der Waals surface area contributed by atoms with Crippen LogP contribution in [0.25, 0.3) is 0 Å². The van der Waals surface area contributed by atoms with Crippen molar-refractivity contribution in [2.24, 2.45) is 4.99 Å². The highest BCUT2D eigenvalue weighted by Crippen LogP contribution is 2.60. The van der Waals surface area contributed by atoms with Crippen molar-refractivity contribution < 1.29 is 14.3 Å². The second kappa shape index (κ2) is 4.25. The molecular weight excluding hydrogens is 290 g/mol. The summed E-state index contributed by atoms with van der Waals surface area (Å²) in [5.41, 5.74) is 2.63. The van der Waals surface area contributed by atoms with Crippen LogP contribution in [0, 0.1) is 0 Å². The second-order valence-electron chi connectivity index (χ2n) is 6.30. The van der Waals surface area contributed by atoms with Crippen molar-refractivity contribution in [1.29, 1.82) is 0 Å². The van der Waals surface area contributed by atoms with Crippen LogP contribution in [0.3, 0.4) is 0 Å². The molecule has 0 bridgehead atoms. The Bertz CT molecular complexity index is 650. The first-order chi connectivity index (χ1) is 10.1. The van der Waals surface area contributed by atoms with Gasteiger partial charge in [0.15, 0.2) is 0 Å². The van der Waals surface area contributed by atoms with E-state index in [1.165, 1.54) is 0 Å². The van der Waals surface area contributed by atoms with Crippen LogP contribution < -0.4 is 9.47 Å². The van der Waals surface area contributed by atoms with Gasteiger partial charge in [-0.15, -0.1) is 0 Å². The summed E-state index contributed by atoms with van der Waals surface area (Å²) in [5.74, 6) is 1.60. The van der Waals surface area contributed by atoms with E-state index in [9.17, 15) is 4.79 Å². The monoisotopic (exact) mass is 305 g/mol. The fourth-order valence-electron chi connectivity index (χ4n) is 3.58. The summed E-state index contributed by atoms with van der Waals surface area (Å²) < 4.78 is 11.9. The fourth-order valence-corrected chi connectivity index (χ4v) is 3.90. The molecule has 3 aliphatic rings. The molecule has 0 radical (unpaired) electrons. The molecule has 1 aromatic rings. The number of hydrogen-bond acceptors (Lipinski definition) is 4. The number of fused-ring (bicyclic) bond motifs is 2. The minimum Gasteiger partial charge on any atom is -0.490 e. The van der Waals surface area contributed by atoms with E-state index in [1.807, 2.05) is 13.8 Å². The predicted molar refractivity (Wildman–Crippen MR) is 78.1 cm³/mol. The smallest absolute Gasteiger partial charge is 0.235 e. The topological polar surface area (TPSA) is 47.9 Å². The molecule has 1 aliphatic carbocycles. The fraction of sp³-hybridized carbons (Fsp3) is 0.562. The Labute approximate surface area is 128 Å². The molecule has 1 aromatic carbocycles. The molecule has 0 saturated heterocycles. The first kappa shape index (κ1) is 13.2. The van der Waals surface area contributed by atoms with Crippen LogP contribution >= 0.6 is 11.6 Å². The minimum atomic E-state index is -0.460. The summed E-state index contributed by atoms with van der Waals surface area (Å²) in [4.78, 5) is 14.9. The Kier molecular flexibility index (Phi) is 2.66. The average Bonchev–Trinajstić information content (AvgIpc) is 2.92. The van der Waals surface area contributed by atoms with Crippen LogP contribution in [0.4, 0.5) is 0 Å². The normalized spacial score (nSPS) is 27.2. The van der Waals surface area contributed by atoms with Gasteiger partial charge in [0.05, 0.1) is 5.02 Å². The predicted octanol–water partition coefficient (Wildman–Crippen LogP) is 3.31. The third-order valence-electron chi connectivity index (χ3n) is 4.61. The Hall–Kier alpha value is -1.51. The molecule has 21 heavy (non-hydrogen) atoms. The van der Waals surface area contributed by atoms with E-state index in [0.717, 1.165) is 53.9 Å². The zero-order valence-electron chi connectivity index (χ0n) is 12.0. The molecule has 2 unspecified atom stereocenters. The van der Waals surface area contributed by atoms with Gasteiger partial charge >= 0.3 is 0 Å². The number of hydrogen-bond donors (Lipinski definition) is 0. The number of nitrogens with zero attached hydrogens (tertiary/aromatic N) is 1. The van der Waals surface area contributed by atoms with E-state index in [4.69, 9.17) is 21.1 Å². The van der Waals surface area contributed by atoms with Crippen molar-refractivity contribution in [3.05, 3.63) is 21.7 Å². The average molecular weight is 306 g/mol. The highest BCUT2D eigenvalue weighted by atomic mass is 35.5. The van der Waals surface area contributed by atoms with Gasteiger partial charge in [0, 0.05) is 29.5 Å². The van der Waals surface area contributed by atoms with E-state index in [0.29, 0.717) is 5.02 Å². The van der Waals surface area contributed by atoms with Crippen molar-refractivity contribution in [3.8, 4) is 11.5 Å². The van der Waals surface area contributed by atoms with E-state index in [1.54, 1.807) is 6.08 Å². The standard InChI is InChI=1S/C16H16ClNO3/c1-8-5-10-12(16(3-4-16)18-7-19)14-11(6-9(2)20-14)13(17)15(10)21-8/h8-9H,3-6H2,1-2H3. The maximum absolute atomic E-state index is 10.8. The third-order valence-corrected chi connectivity index (χ3v) is 5.01. The number of aliphatic imine (C=N–C) groups is 1. The minimum absolute atomic E-state index is 0.0900. The molecule has 0 amide bonds. The van der Waals surface area contributed by atoms with Gasteiger partial charge < -0.3 is 9.47 Å². The van der Waals surface area contributed by atoms with Gasteiger partial charge in [-0.3, -0.25) is 0 Å². The van der Waals surface area contributed by atoms with Gasteiger partial charge in [-0.2, -0.15) is 4.99 Å². The third kappa shape index (κ3) is 1.76. The Morgan fingerprint density at radius 3 is 2.38 bits per heavy atom. The van der Waals surface area contributed by atoms with Gasteiger partial charge in [-0.1, -0.05) is 11.6 Å². The molecule has 0 aromatic heterocycles. The molecule has 1 fully saturated rings. The van der Waals surface area contributed by atoms with Crippen molar-refractivity contribution in [3.63, 3.8) is 0 Å². The Morgan fingerprint density at radius 2 is 1.76 bits per heavy atom. The molecule has 0 spiro atoms. The quantitative estimate of drug-likeness (QED) is 0.622. The van der Waals surface area contributed by atoms with E-state index < -0.39 is 5.54 Å². The Morgan fingerprint density at radius 1 is 1.14 bits per heavy atom. The number of benzene rings is 1. The lowest BCUT2D eigenvalue weighted by Crippen LogP contribution is -2.11. The van der Waals surface area contributed by atoms with Gasteiger partial charge in [0.25, 0.3) is 0 Å². The van der Waals surface area contributed by atoms with Crippen LogP contribution in [0.2, 0.25) is 5.02 Å². The highest BCUT2D eigenvalue weighted by molar-refractivity contribution is 6.33. The van der Waals surface area contributed by atoms with Crippen LogP contribution in [0.1, 0.15) is 43.4 Å². The van der Waals surface area contributed by atoms with Crippen LogP contribution in [-0.4, -0.2) is 18.3 Å². The number of rotatable bonds is 2. The summed E-state index contributed by atoms with van der Waals surface area (Å²) in [6, 6.07) is 0.